The molecule has 0 amide bonds. The van der Waals surface area contributed by atoms with Gasteiger partial charge in [0.25, 0.3) is 0 Å². The Bertz CT molecular complexity index is 1140. The van der Waals surface area contributed by atoms with E-state index in [2.05, 4.69) is 0 Å². The van der Waals surface area contributed by atoms with Crippen molar-refractivity contribution >= 4 is 22.6 Å². The van der Waals surface area contributed by atoms with Gasteiger partial charge < -0.3 is 19.1 Å². The molecule has 0 radical (unpaired) electrons. The highest BCUT2D eigenvalue weighted by atomic mass is 35.5. The van der Waals surface area contributed by atoms with Gasteiger partial charge in [0.1, 0.15) is 36.6 Å². The SMILES string of the molecule is Cc1cccc(OCc2nc3ccccc3n2C[C@@H](O)COc2ccccc2Cl)c1. The molecular formula is C24H23ClN2O3. The second-order valence-corrected chi connectivity index (χ2v) is 7.53. The lowest BCUT2D eigenvalue weighted by Gasteiger charge is -2.16. The summed E-state index contributed by atoms with van der Waals surface area (Å²) in [6.45, 7) is 2.78. The first-order valence-corrected chi connectivity index (χ1v) is 10.2. The van der Waals surface area contributed by atoms with Gasteiger partial charge in [-0.25, -0.2) is 4.98 Å². The summed E-state index contributed by atoms with van der Waals surface area (Å²) in [6, 6.07) is 23.0. The Labute approximate surface area is 180 Å². The van der Waals surface area contributed by atoms with Gasteiger partial charge >= 0.3 is 0 Å². The van der Waals surface area contributed by atoms with Crippen LogP contribution in [0.1, 0.15) is 11.4 Å². The average Bonchev–Trinajstić information content (AvgIpc) is 3.09. The molecule has 1 aromatic heterocycles. The van der Waals surface area contributed by atoms with Gasteiger partial charge in [0.2, 0.25) is 0 Å². The first kappa shape index (κ1) is 20.3. The molecule has 1 heterocycles. The molecule has 6 heteroatoms. The zero-order valence-corrected chi connectivity index (χ0v) is 17.4. The average molecular weight is 423 g/mol. The van der Waals surface area contributed by atoms with Crippen LogP contribution in [0.3, 0.4) is 0 Å². The summed E-state index contributed by atoms with van der Waals surface area (Å²) in [6.07, 6.45) is -0.739. The minimum atomic E-state index is -0.739. The Morgan fingerprint density at radius 2 is 1.80 bits per heavy atom. The van der Waals surface area contributed by atoms with Crippen LogP contribution in [0.2, 0.25) is 5.02 Å². The Morgan fingerprint density at radius 1 is 1.00 bits per heavy atom. The summed E-state index contributed by atoms with van der Waals surface area (Å²) in [5.74, 6) is 2.09. The highest BCUT2D eigenvalue weighted by Crippen LogP contribution is 2.24. The maximum atomic E-state index is 10.6. The number of hydrogen-bond acceptors (Lipinski definition) is 4. The van der Waals surface area contributed by atoms with Crippen LogP contribution in [0.25, 0.3) is 11.0 Å². The summed E-state index contributed by atoms with van der Waals surface area (Å²) in [4.78, 5) is 4.70. The number of aromatic nitrogens is 2. The zero-order chi connectivity index (χ0) is 20.9. The van der Waals surface area contributed by atoms with Crippen LogP contribution < -0.4 is 9.47 Å². The molecule has 30 heavy (non-hydrogen) atoms. The number of para-hydroxylation sites is 3. The van der Waals surface area contributed by atoms with E-state index in [0.717, 1.165) is 28.2 Å². The van der Waals surface area contributed by atoms with Crippen molar-refractivity contribution in [1.82, 2.24) is 9.55 Å². The first-order chi connectivity index (χ1) is 14.6. The van der Waals surface area contributed by atoms with E-state index in [4.69, 9.17) is 26.1 Å². The molecule has 0 aliphatic heterocycles. The van der Waals surface area contributed by atoms with Crippen molar-refractivity contribution in [3.63, 3.8) is 0 Å². The third kappa shape index (κ3) is 4.75. The molecule has 4 aromatic rings. The van der Waals surface area contributed by atoms with Crippen LogP contribution >= 0.6 is 11.6 Å². The Balaban J connectivity index is 1.50. The minimum absolute atomic E-state index is 0.119. The van der Waals surface area contributed by atoms with Gasteiger partial charge in [-0.3, -0.25) is 0 Å². The van der Waals surface area contributed by atoms with E-state index >= 15 is 0 Å². The first-order valence-electron chi connectivity index (χ1n) is 9.79. The maximum absolute atomic E-state index is 10.6. The van der Waals surface area contributed by atoms with E-state index in [0.29, 0.717) is 23.9 Å². The normalized spacial score (nSPS) is 12.1. The maximum Gasteiger partial charge on any atom is 0.148 e. The molecule has 0 unspecified atom stereocenters. The number of aliphatic hydroxyl groups is 1. The number of imidazole rings is 1. The van der Waals surface area contributed by atoms with Crippen molar-refractivity contribution in [2.24, 2.45) is 0 Å². The van der Waals surface area contributed by atoms with Crippen molar-refractivity contribution in [2.75, 3.05) is 6.61 Å². The monoisotopic (exact) mass is 422 g/mol. The van der Waals surface area contributed by atoms with Crippen molar-refractivity contribution in [1.29, 1.82) is 0 Å². The largest absolute Gasteiger partial charge is 0.489 e. The molecule has 0 saturated heterocycles. The molecule has 0 spiro atoms. The lowest BCUT2D eigenvalue weighted by Crippen LogP contribution is -2.25. The second-order valence-electron chi connectivity index (χ2n) is 7.13. The van der Waals surface area contributed by atoms with Crippen molar-refractivity contribution < 1.29 is 14.6 Å². The number of nitrogens with zero attached hydrogens (tertiary/aromatic N) is 2. The van der Waals surface area contributed by atoms with Crippen LogP contribution in [0.4, 0.5) is 0 Å². The minimum Gasteiger partial charge on any atom is -0.489 e. The highest BCUT2D eigenvalue weighted by Gasteiger charge is 2.16. The number of aliphatic hydroxyl groups excluding tert-OH is 1. The molecule has 1 atom stereocenters. The molecule has 0 bridgehead atoms. The summed E-state index contributed by atoms with van der Waals surface area (Å²) >= 11 is 6.13. The third-order valence-electron chi connectivity index (χ3n) is 4.75. The molecule has 0 fully saturated rings. The number of rotatable bonds is 8. The summed E-state index contributed by atoms with van der Waals surface area (Å²) in [5.41, 5.74) is 2.94. The van der Waals surface area contributed by atoms with E-state index in [1.165, 1.54) is 0 Å². The van der Waals surface area contributed by atoms with Crippen LogP contribution in [0.15, 0.2) is 72.8 Å². The fraction of sp³-hybridized carbons (Fsp3) is 0.208. The van der Waals surface area contributed by atoms with E-state index < -0.39 is 6.10 Å². The number of hydrogen-bond donors (Lipinski definition) is 1. The Morgan fingerprint density at radius 3 is 2.63 bits per heavy atom. The van der Waals surface area contributed by atoms with Gasteiger partial charge in [0, 0.05) is 0 Å². The standard InChI is InChI=1S/C24H23ClN2O3/c1-17-7-6-8-19(13-17)29-16-24-26-21-10-3-4-11-22(21)27(24)14-18(28)15-30-23-12-5-2-9-20(23)25/h2-13,18,28H,14-16H2,1H3/t18-/m1/s1. The summed E-state index contributed by atoms with van der Waals surface area (Å²) in [5, 5.41) is 11.1. The molecule has 154 valence electrons. The second kappa shape index (κ2) is 9.20. The van der Waals surface area contributed by atoms with Gasteiger partial charge in [-0.05, 0) is 48.9 Å². The molecule has 0 aliphatic carbocycles. The van der Waals surface area contributed by atoms with Crippen LogP contribution in [-0.2, 0) is 13.2 Å². The zero-order valence-electron chi connectivity index (χ0n) is 16.7. The van der Waals surface area contributed by atoms with E-state index in [1.54, 1.807) is 12.1 Å². The van der Waals surface area contributed by atoms with Crippen molar-refractivity contribution in [2.45, 2.75) is 26.2 Å². The predicted molar refractivity (Wildman–Crippen MR) is 118 cm³/mol. The lowest BCUT2D eigenvalue weighted by molar-refractivity contribution is 0.0918. The molecule has 4 rings (SSSR count). The Hall–Kier alpha value is -3.02. The molecular weight excluding hydrogens is 400 g/mol. The molecule has 3 aromatic carbocycles. The van der Waals surface area contributed by atoms with E-state index in [-0.39, 0.29) is 6.61 Å². The molecule has 0 aliphatic rings. The molecule has 0 saturated carbocycles. The van der Waals surface area contributed by atoms with Gasteiger partial charge in [-0.2, -0.15) is 0 Å². The van der Waals surface area contributed by atoms with Crippen LogP contribution in [-0.4, -0.2) is 27.4 Å². The number of benzene rings is 3. The topological polar surface area (TPSA) is 56.5 Å². The van der Waals surface area contributed by atoms with Gasteiger partial charge in [-0.1, -0.05) is 48.0 Å². The van der Waals surface area contributed by atoms with Gasteiger partial charge in [0.05, 0.1) is 22.6 Å². The van der Waals surface area contributed by atoms with Crippen molar-refractivity contribution in [3.8, 4) is 11.5 Å². The molecule has 5 nitrogen and oxygen atoms in total. The fourth-order valence-electron chi connectivity index (χ4n) is 3.30. The van der Waals surface area contributed by atoms with Crippen LogP contribution in [0.5, 0.6) is 11.5 Å². The predicted octanol–water partition coefficient (Wildman–Crippen LogP) is 5.02. The number of aryl methyl sites for hydroxylation is 1. The summed E-state index contributed by atoms with van der Waals surface area (Å²) in [7, 11) is 0. The molecule has 1 N–H and O–H groups in total. The smallest absolute Gasteiger partial charge is 0.148 e. The number of halogens is 1. The Kier molecular flexibility index (Phi) is 6.21. The highest BCUT2D eigenvalue weighted by molar-refractivity contribution is 6.32. The summed E-state index contributed by atoms with van der Waals surface area (Å²) < 4.78 is 13.6. The van der Waals surface area contributed by atoms with Crippen LogP contribution in [0, 0.1) is 6.92 Å². The third-order valence-corrected chi connectivity index (χ3v) is 5.06. The number of fused-ring (bicyclic) bond motifs is 1. The van der Waals surface area contributed by atoms with Gasteiger partial charge in [0.15, 0.2) is 0 Å². The van der Waals surface area contributed by atoms with Crippen molar-refractivity contribution in [3.05, 3.63) is 89.2 Å². The number of ether oxygens (including phenoxy) is 2. The fourth-order valence-corrected chi connectivity index (χ4v) is 3.49. The van der Waals surface area contributed by atoms with E-state index in [1.807, 2.05) is 72.2 Å². The van der Waals surface area contributed by atoms with Gasteiger partial charge in [-0.15, -0.1) is 0 Å². The quantitative estimate of drug-likeness (QED) is 0.433. The lowest BCUT2D eigenvalue weighted by atomic mass is 10.2. The van der Waals surface area contributed by atoms with E-state index in [9.17, 15) is 5.11 Å².